The number of carbonyl (C=O) groups excluding carboxylic acids is 1. The number of H-pyrrole nitrogens is 1. The molecule has 3 fully saturated rings. The second-order valence-electron chi connectivity index (χ2n) is 16.6. The number of aromatic nitrogens is 2. The maximum absolute atomic E-state index is 13.9. The lowest BCUT2D eigenvalue weighted by Crippen LogP contribution is -2.51. The van der Waals surface area contributed by atoms with Gasteiger partial charge in [-0.05, 0) is 97.9 Å². The predicted molar refractivity (Wildman–Crippen MR) is 225 cm³/mol. The van der Waals surface area contributed by atoms with Crippen LogP contribution in [-0.2, 0) is 26.7 Å². The van der Waals surface area contributed by atoms with Crippen LogP contribution in [0.5, 0.6) is 11.5 Å². The smallest absolute Gasteiger partial charge is 0.293 e. The molecule has 5 heterocycles. The number of hydrogen-bond donors (Lipinski definition) is 3. The predicted octanol–water partition coefficient (Wildman–Crippen LogP) is 7.37. The van der Waals surface area contributed by atoms with E-state index < -0.39 is 31.4 Å². The minimum Gasteiger partial charge on any atom is -0.455 e. The molecule has 4 aliphatic rings. The van der Waals surface area contributed by atoms with Crippen molar-refractivity contribution in [2.45, 2.75) is 61.8 Å². The minimum atomic E-state index is -4.53. The number of rotatable bonds is 12. The highest BCUT2D eigenvalue weighted by Crippen LogP contribution is 2.48. The highest BCUT2D eigenvalue weighted by atomic mass is 32.2. The average Bonchev–Trinajstić information content (AvgIpc) is 3.70. The van der Waals surface area contributed by atoms with Crippen LogP contribution in [-0.4, -0.2) is 80.1 Å². The number of sulfonamides is 1. The van der Waals surface area contributed by atoms with Crippen molar-refractivity contribution in [3.8, 4) is 11.5 Å². The molecule has 1 spiro atoms. The molecular weight excluding hydrogens is 771 g/mol. The second-order valence-corrected chi connectivity index (χ2v) is 18.2. The Morgan fingerprint density at radius 2 is 1.81 bits per heavy atom. The van der Waals surface area contributed by atoms with E-state index in [4.69, 9.17) is 9.47 Å². The molecule has 5 aromatic rings. The number of amides is 1. The van der Waals surface area contributed by atoms with Crippen LogP contribution in [0.25, 0.3) is 11.0 Å². The minimum absolute atomic E-state index is 0.0130. The molecule has 14 nitrogen and oxygen atoms in total. The van der Waals surface area contributed by atoms with Gasteiger partial charge in [0, 0.05) is 87.3 Å². The molecule has 1 amide bonds. The molecule has 2 aromatic heterocycles. The third-order valence-corrected chi connectivity index (χ3v) is 14.1. The zero-order valence-electron chi connectivity index (χ0n) is 32.9. The van der Waals surface area contributed by atoms with E-state index in [1.807, 2.05) is 12.1 Å². The van der Waals surface area contributed by atoms with Crippen molar-refractivity contribution in [3.63, 3.8) is 0 Å². The monoisotopic (exact) mass is 819 g/mol. The molecule has 1 saturated carbocycles. The molecule has 3 aromatic carbocycles. The van der Waals surface area contributed by atoms with E-state index in [2.05, 4.69) is 54.1 Å². The summed E-state index contributed by atoms with van der Waals surface area (Å²) >= 11 is 0. The van der Waals surface area contributed by atoms with Gasteiger partial charge in [-0.3, -0.25) is 19.8 Å². The number of pyridine rings is 1. The third-order valence-electron chi connectivity index (χ3n) is 12.8. The molecule has 3 aliphatic heterocycles. The molecule has 9 rings (SSSR count). The van der Waals surface area contributed by atoms with E-state index in [9.17, 15) is 23.3 Å². The van der Waals surface area contributed by atoms with Gasteiger partial charge in [0.15, 0.2) is 0 Å². The van der Waals surface area contributed by atoms with Gasteiger partial charge in [-0.25, -0.2) is 18.1 Å². The second kappa shape index (κ2) is 16.3. The van der Waals surface area contributed by atoms with Crippen LogP contribution in [0.3, 0.4) is 0 Å². The van der Waals surface area contributed by atoms with Gasteiger partial charge in [-0.2, -0.15) is 0 Å². The standard InChI is InChI=1S/C44H49N7O7S/c52-43(48-59(55,56)36-7-9-39(40(24-36)51(53)54)46-25-30-13-20-57-21-14-30)37-8-6-34(23-41(37)58-35-22-32-10-17-45-42(32)47-26-35)50-18-11-31(12-19-50)27-49-28-33-4-1-2-5-38(33)44(29-49)15-3-16-44/h1-2,4-10,17,22-24,26,30-31,46H,3,11-16,18-21,25,27-29H2,(H,45,47)(H,48,52). The van der Waals surface area contributed by atoms with Gasteiger partial charge in [0.05, 0.1) is 21.6 Å². The van der Waals surface area contributed by atoms with E-state index in [-0.39, 0.29) is 22.9 Å². The topological polar surface area (TPSA) is 172 Å². The SMILES string of the molecule is O=C(NS(=O)(=O)c1ccc(NCC2CCOCC2)c([N+](=O)[O-])c1)c1ccc(N2CCC(CN3Cc4ccccc4C4(CCC4)C3)CC2)cc1Oc1cnc2[nH]ccc2c1. The van der Waals surface area contributed by atoms with Crippen molar-refractivity contribution in [3.05, 3.63) is 112 Å². The lowest BCUT2D eigenvalue weighted by molar-refractivity contribution is -0.384. The summed E-state index contributed by atoms with van der Waals surface area (Å²) in [6, 6.07) is 21.4. The number of carbonyl (C=O) groups is 1. The molecule has 0 unspecified atom stereocenters. The summed E-state index contributed by atoms with van der Waals surface area (Å²) in [5.74, 6) is 0.441. The molecular formula is C44H49N7O7S. The van der Waals surface area contributed by atoms with Crippen molar-refractivity contribution < 1.29 is 27.6 Å². The van der Waals surface area contributed by atoms with Crippen molar-refractivity contribution in [1.29, 1.82) is 0 Å². The molecule has 308 valence electrons. The first-order chi connectivity index (χ1) is 28.6. The number of aromatic amines is 1. The Labute approximate surface area is 343 Å². The zero-order chi connectivity index (χ0) is 40.6. The van der Waals surface area contributed by atoms with Gasteiger partial charge in [-0.15, -0.1) is 0 Å². The van der Waals surface area contributed by atoms with Gasteiger partial charge >= 0.3 is 0 Å². The number of benzene rings is 3. The lowest BCUT2D eigenvalue weighted by Gasteiger charge is -2.51. The molecule has 0 radical (unpaired) electrons. The Hall–Kier alpha value is -5.51. The Kier molecular flexibility index (Phi) is 10.7. The molecule has 59 heavy (non-hydrogen) atoms. The maximum Gasteiger partial charge on any atom is 0.293 e. The van der Waals surface area contributed by atoms with Crippen LogP contribution in [0.2, 0.25) is 0 Å². The van der Waals surface area contributed by atoms with Gasteiger partial charge < -0.3 is 24.7 Å². The van der Waals surface area contributed by atoms with Crippen LogP contribution in [0.1, 0.15) is 66.4 Å². The quantitative estimate of drug-likeness (QED) is 0.0848. The Morgan fingerprint density at radius 3 is 2.59 bits per heavy atom. The summed E-state index contributed by atoms with van der Waals surface area (Å²) in [6.45, 7) is 6.61. The van der Waals surface area contributed by atoms with Crippen molar-refractivity contribution in [2.75, 3.05) is 56.2 Å². The summed E-state index contributed by atoms with van der Waals surface area (Å²) in [4.78, 5) is 37.3. The van der Waals surface area contributed by atoms with E-state index in [1.165, 1.54) is 37.0 Å². The number of fused-ring (bicyclic) bond motifs is 3. The Morgan fingerprint density at radius 1 is 1.00 bits per heavy atom. The fraction of sp³-hybridized carbons (Fsp3) is 0.409. The third kappa shape index (κ3) is 8.23. The molecule has 0 bridgehead atoms. The Bertz CT molecular complexity index is 2470. The van der Waals surface area contributed by atoms with E-state index in [1.54, 1.807) is 36.2 Å². The van der Waals surface area contributed by atoms with Gasteiger partial charge in [-0.1, -0.05) is 30.7 Å². The summed E-state index contributed by atoms with van der Waals surface area (Å²) in [6.07, 6.45) is 10.8. The largest absolute Gasteiger partial charge is 0.455 e. The fourth-order valence-corrected chi connectivity index (χ4v) is 10.4. The maximum atomic E-state index is 13.9. The summed E-state index contributed by atoms with van der Waals surface area (Å²) in [5, 5.41) is 16.0. The number of nitrogens with zero attached hydrogens (tertiary/aromatic N) is 4. The molecule has 2 saturated heterocycles. The summed E-state index contributed by atoms with van der Waals surface area (Å²) in [7, 11) is -4.53. The number of anilines is 2. The molecule has 3 N–H and O–H groups in total. The molecule has 0 atom stereocenters. The van der Waals surface area contributed by atoms with Crippen LogP contribution in [0.4, 0.5) is 17.1 Å². The van der Waals surface area contributed by atoms with Gasteiger partial charge in [0.2, 0.25) is 0 Å². The number of hydrogen-bond acceptors (Lipinski definition) is 11. The van der Waals surface area contributed by atoms with E-state index in [0.717, 1.165) is 75.5 Å². The highest BCUT2D eigenvalue weighted by molar-refractivity contribution is 7.90. The van der Waals surface area contributed by atoms with Crippen LogP contribution in [0.15, 0.2) is 90.1 Å². The molecule has 15 heteroatoms. The number of nitro benzene ring substituents is 1. The zero-order valence-corrected chi connectivity index (χ0v) is 33.7. The van der Waals surface area contributed by atoms with Crippen molar-refractivity contribution >= 4 is 44.0 Å². The van der Waals surface area contributed by atoms with Crippen LogP contribution >= 0.6 is 0 Å². The van der Waals surface area contributed by atoms with E-state index in [0.29, 0.717) is 42.5 Å². The first-order valence-electron chi connectivity index (χ1n) is 20.6. The van der Waals surface area contributed by atoms with Crippen LogP contribution < -0.4 is 19.7 Å². The highest BCUT2D eigenvalue weighted by Gasteiger charge is 2.44. The van der Waals surface area contributed by atoms with Crippen molar-refractivity contribution in [2.24, 2.45) is 11.8 Å². The van der Waals surface area contributed by atoms with Gasteiger partial charge in [0.25, 0.3) is 21.6 Å². The normalized spacial score (nSPS) is 18.6. The van der Waals surface area contributed by atoms with Crippen LogP contribution in [0, 0.1) is 22.0 Å². The Balaban J connectivity index is 0.911. The lowest BCUT2D eigenvalue weighted by atomic mass is 9.61. The number of nitro groups is 1. The first-order valence-corrected chi connectivity index (χ1v) is 22.1. The number of piperidine rings is 1. The fourth-order valence-electron chi connectivity index (χ4n) is 9.39. The van der Waals surface area contributed by atoms with Gasteiger partial charge in [0.1, 0.15) is 22.8 Å². The average molecular weight is 820 g/mol. The molecule has 1 aliphatic carbocycles. The van der Waals surface area contributed by atoms with Crippen molar-refractivity contribution in [1.82, 2.24) is 19.6 Å². The summed E-state index contributed by atoms with van der Waals surface area (Å²) < 4.78 is 41.1. The number of ether oxygens (including phenoxy) is 2. The summed E-state index contributed by atoms with van der Waals surface area (Å²) in [5.41, 5.74) is 4.66. The van der Waals surface area contributed by atoms with E-state index >= 15 is 0 Å². The first kappa shape index (κ1) is 39.0. The number of nitrogens with one attached hydrogen (secondary N) is 3.